The van der Waals surface area contributed by atoms with E-state index in [1.807, 2.05) is 19.9 Å². The highest BCUT2D eigenvalue weighted by Gasteiger charge is 2.34. The lowest BCUT2D eigenvalue weighted by molar-refractivity contribution is -0.140. The molecule has 0 aliphatic rings. The minimum atomic E-state index is -4.69. The lowest BCUT2D eigenvalue weighted by atomic mass is 10.1. The van der Waals surface area contributed by atoms with E-state index in [9.17, 15) is 17.6 Å². The van der Waals surface area contributed by atoms with Crippen LogP contribution in [0.25, 0.3) is 0 Å². The molecule has 114 valence electrons. The van der Waals surface area contributed by atoms with Gasteiger partial charge in [-0.2, -0.15) is 13.2 Å². The number of hydrogen-bond donors (Lipinski definition) is 1. The molecule has 0 aliphatic heterocycles. The van der Waals surface area contributed by atoms with Crippen molar-refractivity contribution in [3.05, 3.63) is 58.8 Å². The van der Waals surface area contributed by atoms with E-state index in [1.54, 1.807) is 6.07 Å². The van der Waals surface area contributed by atoms with Gasteiger partial charge in [-0.15, -0.1) is 0 Å². The van der Waals surface area contributed by atoms with Gasteiger partial charge in [0.1, 0.15) is 17.3 Å². The summed E-state index contributed by atoms with van der Waals surface area (Å²) in [6.45, 7) is 3.84. The quantitative estimate of drug-likeness (QED) is 0.835. The number of hydrogen-bond acceptors (Lipinski definition) is 2. The molecular formula is C15H15F4NO. The molecule has 21 heavy (non-hydrogen) atoms. The van der Waals surface area contributed by atoms with Gasteiger partial charge in [0.15, 0.2) is 0 Å². The van der Waals surface area contributed by atoms with E-state index in [0.29, 0.717) is 11.3 Å². The van der Waals surface area contributed by atoms with Crippen LogP contribution in [0.1, 0.15) is 35.6 Å². The van der Waals surface area contributed by atoms with Crippen molar-refractivity contribution in [2.24, 2.45) is 0 Å². The van der Waals surface area contributed by atoms with Gasteiger partial charge in [0, 0.05) is 6.54 Å². The largest absolute Gasteiger partial charge is 0.465 e. The van der Waals surface area contributed by atoms with Crippen LogP contribution < -0.4 is 5.32 Å². The molecule has 2 aromatic rings. The molecule has 0 aliphatic carbocycles. The Morgan fingerprint density at radius 1 is 1.19 bits per heavy atom. The molecular weight excluding hydrogens is 286 g/mol. The first-order valence-electron chi connectivity index (χ1n) is 6.42. The average Bonchev–Trinajstić information content (AvgIpc) is 2.83. The molecule has 6 heteroatoms. The third-order valence-electron chi connectivity index (χ3n) is 3.14. The highest BCUT2D eigenvalue weighted by atomic mass is 19.4. The van der Waals surface area contributed by atoms with Gasteiger partial charge in [0.25, 0.3) is 0 Å². The number of benzene rings is 1. The minimum Gasteiger partial charge on any atom is -0.465 e. The Morgan fingerprint density at radius 3 is 2.48 bits per heavy atom. The Kier molecular flexibility index (Phi) is 4.37. The van der Waals surface area contributed by atoms with Crippen LogP contribution in [0.3, 0.4) is 0 Å². The molecule has 0 saturated heterocycles. The van der Waals surface area contributed by atoms with Crippen LogP contribution in [0.4, 0.5) is 17.6 Å². The van der Waals surface area contributed by atoms with Gasteiger partial charge in [0.2, 0.25) is 0 Å². The van der Waals surface area contributed by atoms with Crippen molar-refractivity contribution in [3.63, 3.8) is 0 Å². The first-order valence-corrected chi connectivity index (χ1v) is 6.42. The zero-order valence-corrected chi connectivity index (χ0v) is 11.6. The second kappa shape index (κ2) is 5.89. The standard InChI is InChI=1S/C15H15F4NO/c1-9-3-6-14(21-9)10(2)20-8-11-4-5-13(16)12(7-11)15(17,18)19/h3-7,10,20H,8H2,1-2H3. The molecule has 2 rings (SSSR count). The van der Waals surface area contributed by atoms with Crippen molar-refractivity contribution in [1.29, 1.82) is 0 Å². The molecule has 2 nitrogen and oxygen atoms in total. The Balaban J connectivity index is 2.07. The Hall–Kier alpha value is -1.82. The molecule has 0 bridgehead atoms. The van der Waals surface area contributed by atoms with Gasteiger partial charge in [-0.05, 0) is 43.7 Å². The van der Waals surface area contributed by atoms with Gasteiger partial charge in [-0.3, -0.25) is 0 Å². The van der Waals surface area contributed by atoms with Crippen molar-refractivity contribution in [2.75, 3.05) is 0 Å². The van der Waals surface area contributed by atoms with E-state index in [0.717, 1.165) is 17.9 Å². The Labute approximate surface area is 119 Å². The van der Waals surface area contributed by atoms with E-state index < -0.39 is 17.6 Å². The van der Waals surface area contributed by atoms with Gasteiger partial charge in [-0.25, -0.2) is 4.39 Å². The molecule has 0 fully saturated rings. The highest BCUT2D eigenvalue weighted by molar-refractivity contribution is 5.27. The third-order valence-corrected chi connectivity index (χ3v) is 3.14. The van der Waals surface area contributed by atoms with Crippen LogP contribution in [0, 0.1) is 12.7 Å². The van der Waals surface area contributed by atoms with Gasteiger partial charge in [-0.1, -0.05) is 6.07 Å². The summed E-state index contributed by atoms with van der Waals surface area (Å²) in [6.07, 6.45) is -4.69. The first-order chi connectivity index (χ1) is 9.77. The molecule has 0 saturated carbocycles. The number of nitrogens with one attached hydrogen (secondary N) is 1. The van der Waals surface area contributed by atoms with E-state index in [-0.39, 0.29) is 12.6 Å². The van der Waals surface area contributed by atoms with E-state index in [4.69, 9.17) is 4.42 Å². The van der Waals surface area contributed by atoms with Crippen molar-refractivity contribution < 1.29 is 22.0 Å². The van der Waals surface area contributed by atoms with E-state index in [1.165, 1.54) is 6.07 Å². The zero-order valence-electron chi connectivity index (χ0n) is 11.6. The third kappa shape index (κ3) is 3.85. The fraction of sp³-hybridized carbons (Fsp3) is 0.333. The van der Waals surface area contributed by atoms with Crippen LogP contribution in [0.2, 0.25) is 0 Å². The van der Waals surface area contributed by atoms with Crippen LogP contribution in [0.15, 0.2) is 34.7 Å². The predicted molar refractivity (Wildman–Crippen MR) is 70.1 cm³/mol. The monoisotopic (exact) mass is 301 g/mol. The van der Waals surface area contributed by atoms with Crippen molar-refractivity contribution >= 4 is 0 Å². The first kappa shape index (κ1) is 15.6. The molecule has 1 aromatic carbocycles. The molecule has 1 heterocycles. The average molecular weight is 301 g/mol. The molecule has 1 N–H and O–H groups in total. The molecule has 1 aromatic heterocycles. The van der Waals surface area contributed by atoms with Gasteiger partial charge in [0.05, 0.1) is 11.6 Å². The molecule has 1 unspecified atom stereocenters. The lowest BCUT2D eigenvalue weighted by Crippen LogP contribution is -2.18. The maximum Gasteiger partial charge on any atom is 0.419 e. The number of aryl methyl sites for hydroxylation is 1. The fourth-order valence-corrected chi connectivity index (χ4v) is 1.96. The number of rotatable bonds is 4. The topological polar surface area (TPSA) is 25.2 Å². The summed E-state index contributed by atoms with van der Waals surface area (Å²) >= 11 is 0. The SMILES string of the molecule is Cc1ccc(C(C)NCc2ccc(F)c(C(F)(F)F)c2)o1. The lowest BCUT2D eigenvalue weighted by Gasteiger charge is -2.13. The summed E-state index contributed by atoms with van der Waals surface area (Å²) in [4.78, 5) is 0. The maximum absolute atomic E-state index is 13.2. The van der Waals surface area contributed by atoms with E-state index >= 15 is 0 Å². The predicted octanol–water partition coefficient (Wildman–Crippen LogP) is 4.60. The summed E-state index contributed by atoms with van der Waals surface area (Å²) in [5, 5.41) is 3.04. The summed E-state index contributed by atoms with van der Waals surface area (Å²) in [5.74, 6) is 0.200. The zero-order chi connectivity index (χ0) is 15.6. The molecule has 0 spiro atoms. The molecule has 0 radical (unpaired) electrons. The second-order valence-corrected chi connectivity index (χ2v) is 4.86. The summed E-state index contributed by atoms with van der Waals surface area (Å²) in [5.41, 5.74) is -0.887. The Morgan fingerprint density at radius 2 is 1.90 bits per heavy atom. The summed E-state index contributed by atoms with van der Waals surface area (Å²) in [7, 11) is 0. The smallest absolute Gasteiger partial charge is 0.419 e. The fourth-order valence-electron chi connectivity index (χ4n) is 1.96. The van der Waals surface area contributed by atoms with Crippen LogP contribution in [-0.2, 0) is 12.7 Å². The molecule has 1 atom stereocenters. The normalized spacial score (nSPS) is 13.4. The number of halogens is 4. The summed E-state index contributed by atoms with van der Waals surface area (Å²) < 4.78 is 56.5. The Bertz CT molecular complexity index is 618. The molecule has 0 amide bonds. The van der Waals surface area contributed by atoms with E-state index in [2.05, 4.69) is 5.32 Å². The summed E-state index contributed by atoms with van der Waals surface area (Å²) in [6, 6.07) is 6.45. The van der Waals surface area contributed by atoms with Crippen molar-refractivity contribution in [2.45, 2.75) is 32.6 Å². The van der Waals surface area contributed by atoms with Crippen LogP contribution >= 0.6 is 0 Å². The van der Waals surface area contributed by atoms with Crippen molar-refractivity contribution in [1.82, 2.24) is 5.32 Å². The van der Waals surface area contributed by atoms with Gasteiger partial charge < -0.3 is 9.73 Å². The highest BCUT2D eigenvalue weighted by Crippen LogP contribution is 2.32. The maximum atomic E-state index is 13.2. The van der Waals surface area contributed by atoms with Crippen LogP contribution in [0.5, 0.6) is 0 Å². The number of alkyl halides is 3. The second-order valence-electron chi connectivity index (χ2n) is 4.86. The van der Waals surface area contributed by atoms with Gasteiger partial charge >= 0.3 is 6.18 Å². The number of furan rings is 1. The minimum absolute atomic E-state index is 0.155. The van der Waals surface area contributed by atoms with Crippen molar-refractivity contribution in [3.8, 4) is 0 Å². The van der Waals surface area contributed by atoms with Crippen LogP contribution in [-0.4, -0.2) is 0 Å².